The molecule has 0 bridgehead atoms. The molecule has 8 nitrogen and oxygen atoms in total. The van der Waals surface area contributed by atoms with Gasteiger partial charge in [0.05, 0.1) is 31.3 Å². The van der Waals surface area contributed by atoms with E-state index in [1.807, 2.05) is 0 Å². The predicted molar refractivity (Wildman–Crippen MR) is 101 cm³/mol. The second kappa shape index (κ2) is 6.92. The van der Waals surface area contributed by atoms with Gasteiger partial charge in [0.2, 0.25) is 11.9 Å². The van der Waals surface area contributed by atoms with Crippen LogP contribution in [-0.4, -0.2) is 44.2 Å². The van der Waals surface area contributed by atoms with Gasteiger partial charge in [-0.25, -0.2) is 9.37 Å². The smallest absolute Gasteiger partial charge is 0.232 e. The Kier molecular flexibility index (Phi) is 4.25. The van der Waals surface area contributed by atoms with Gasteiger partial charge in [0, 0.05) is 23.9 Å². The Labute approximate surface area is 164 Å². The fourth-order valence-corrected chi connectivity index (χ4v) is 3.52. The molecule has 0 amide bonds. The van der Waals surface area contributed by atoms with Crippen LogP contribution in [0, 0.1) is 17.7 Å². The van der Waals surface area contributed by atoms with Crippen LogP contribution in [0.4, 0.5) is 22.0 Å². The van der Waals surface area contributed by atoms with Gasteiger partial charge in [-0.15, -0.1) is 0 Å². The maximum absolute atomic E-state index is 13.4. The molecule has 1 aliphatic heterocycles. The summed E-state index contributed by atoms with van der Waals surface area (Å²) >= 11 is 6.00. The molecule has 2 unspecified atom stereocenters. The lowest BCUT2D eigenvalue weighted by Crippen LogP contribution is -2.16. The lowest BCUT2D eigenvalue weighted by molar-refractivity contribution is 0.162. The van der Waals surface area contributed by atoms with Gasteiger partial charge in [0.25, 0.3) is 0 Å². The van der Waals surface area contributed by atoms with Crippen molar-refractivity contribution in [3.8, 4) is 11.5 Å². The molecule has 28 heavy (non-hydrogen) atoms. The van der Waals surface area contributed by atoms with Crippen LogP contribution in [0.15, 0.2) is 36.7 Å². The maximum Gasteiger partial charge on any atom is 0.232 e. The van der Waals surface area contributed by atoms with Gasteiger partial charge >= 0.3 is 0 Å². The lowest BCUT2D eigenvalue weighted by Gasteiger charge is -2.11. The van der Waals surface area contributed by atoms with Crippen molar-refractivity contribution in [2.45, 2.75) is 6.04 Å². The SMILES string of the molecule is Fc1cncc(Nc2nc(NC3C4COCC43)nc(-c3cccc(Cl)n3)n2)c1. The van der Waals surface area contributed by atoms with Crippen molar-refractivity contribution < 1.29 is 9.13 Å². The van der Waals surface area contributed by atoms with Gasteiger partial charge in [-0.1, -0.05) is 17.7 Å². The standard InChI is InChI=1S/C18H15ClFN7O/c19-14-3-1-2-13(23-14)16-25-17(22-10-4-9(20)5-21-6-10)27-18(26-16)24-15-11-7-28-8-12(11)15/h1-6,11-12,15H,7-8H2,(H2,22,24,25,26,27). The van der Waals surface area contributed by atoms with Crippen molar-refractivity contribution >= 4 is 29.2 Å². The van der Waals surface area contributed by atoms with Crippen LogP contribution in [0.1, 0.15) is 0 Å². The summed E-state index contributed by atoms with van der Waals surface area (Å²) in [6.45, 7) is 1.49. The molecule has 3 aromatic heterocycles. The van der Waals surface area contributed by atoms with Crippen LogP contribution >= 0.6 is 11.6 Å². The first-order chi connectivity index (χ1) is 13.7. The molecule has 1 aliphatic carbocycles. The Hall–Kier alpha value is -2.91. The third-order valence-corrected chi connectivity index (χ3v) is 5.00. The van der Waals surface area contributed by atoms with Crippen molar-refractivity contribution in [3.63, 3.8) is 0 Å². The summed E-state index contributed by atoms with van der Waals surface area (Å²) in [4.78, 5) is 21.4. The molecule has 4 heterocycles. The fraction of sp³-hybridized carbons (Fsp3) is 0.278. The van der Waals surface area contributed by atoms with Gasteiger partial charge in [-0.3, -0.25) is 4.98 Å². The number of ether oxygens (including phenoxy) is 1. The monoisotopic (exact) mass is 399 g/mol. The summed E-state index contributed by atoms with van der Waals surface area (Å²) in [5, 5.41) is 6.65. The van der Waals surface area contributed by atoms with Crippen LogP contribution in [0.2, 0.25) is 5.15 Å². The molecule has 2 aliphatic rings. The molecule has 1 saturated carbocycles. The highest BCUT2D eigenvalue weighted by atomic mass is 35.5. The Bertz CT molecular complexity index is 1030. The Balaban J connectivity index is 1.48. The normalized spacial score (nSPS) is 22.6. The van der Waals surface area contributed by atoms with Crippen molar-refractivity contribution in [2.24, 2.45) is 11.8 Å². The summed E-state index contributed by atoms with van der Waals surface area (Å²) in [7, 11) is 0. The average molecular weight is 400 g/mol. The second-order valence-corrected chi connectivity index (χ2v) is 7.09. The molecule has 0 spiro atoms. The van der Waals surface area contributed by atoms with Crippen LogP contribution in [0.5, 0.6) is 0 Å². The van der Waals surface area contributed by atoms with E-state index in [2.05, 4.69) is 35.6 Å². The number of nitrogens with zero attached hydrogens (tertiary/aromatic N) is 5. The summed E-state index contributed by atoms with van der Waals surface area (Å²) in [6.07, 6.45) is 2.61. The van der Waals surface area contributed by atoms with E-state index in [0.29, 0.717) is 40.1 Å². The number of rotatable bonds is 5. The number of fused-ring (bicyclic) bond motifs is 1. The summed E-state index contributed by atoms with van der Waals surface area (Å²) in [6, 6.07) is 6.80. The van der Waals surface area contributed by atoms with Crippen molar-refractivity contribution in [2.75, 3.05) is 23.8 Å². The van der Waals surface area contributed by atoms with E-state index in [1.54, 1.807) is 18.2 Å². The zero-order valence-electron chi connectivity index (χ0n) is 14.5. The molecular formula is C18H15ClFN7O. The lowest BCUT2D eigenvalue weighted by atomic mass is 10.3. The molecule has 1 saturated heterocycles. The Morgan fingerprint density at radius 1 is 1.04 bits per heavy atom. The topological polar surface area (TPSA) is 97.7 Å². The summed E-state index contributed by atoms with van der Waals surface area (Å²) < 4.78 is 18.9. The zero-order valence-corrected chi connectivity index (χ0v) is 15.3. The van der Waals surface area contributed by atoms with E-state index in [-0.39, 0.29) is 12.0 Å². The number of anilines is 3. The highest BCUT2D eigenvalue weighted by Gasteiger charge is 2.54. The molecule has 2 N–H and O–H groups in total. The third-order valence-electron chi connectivity index (χ3n) is 4.79. The van der Waals surface area contributed by atoms with E-state index in [0.717, 1.165) is 19.4 Å². The first-order valence-electron chi connectivity index (χ1n) is 8.76. The molecule has 2 fully saturated rings. The maximum atomic E-state index is 13.4. The Morgan fingerprint density at radius 2 is 1.86 bits per heavy atom. The van der Waals surface area contributed by atoms with Gasteiger partial charge in [0.15, 0.2) is 5.82 Å². The van der Waals surface area contributed by atoms with Crippen molar-refractivity contribution in [1.82, 2.24) is 24.9 Å². The van der Waals surface area contributed by atoms with Crippen LogP contribution < -0.4 is 10.6 Å². The van der Waals surface area contributed by atoms with Crippen molar-refractivity contribution in [1.29, 1.82) is 0 Å². The zero-order chi connectivity index (χ0) is 19.1. The first kappa shape index (κ1) is 17.2. The van der Waals surface area contributed by atoms with E-state index in [9.17, 15) is 4.39 Å². The van der Waals surface area contributed by atoms with Crippen molar-refractivity contribution in [3.05, 3.63) is 47.6 Å². The first-order valence-corrected chi connectivity index (χ1v) is 9.14. The number of hydrogen-bond acceptors (Lipinski definition) is 8. The quantitative estimate of drug-likeness (QED) is 0.632. The minimum atomic E-state index is -0.458. The summed E-state index contributed by atoms with van der Waals surface area (Å²) in [5.41, 5.74) is 0.941. The van der Waals surface area contributed by atoms with Gasteiger partial charge in [-0.2, -0.15) is 15.0 Å². The molecule has 0 aromatic carbocycles. The summed E-state index contributed by atoms with van der Waals surface area (Å²) in [5.74, 6) is 1.53. The number of halogens is 2. The van der Waals surface area contributed by atoms with Crippen LogP contribution in [0.3, 0.4) is 0 Å². The van der Waals surface area contributed by atoms with Crippen LogP contribution in [-0.2, 0) is 4.74 Å². The molecular weight excluding hydrogens is 385 g/mol. The third kappa shape index (κ3) is 3.46. The van der Waals surface area contributed by atoms with E-state index >= 15 is 0 Å². The highest BCUT2D eigenvalue weighted by molar-refractivity contribution is 6.29. The molecule has 10 heteroatoms. The van der Waals surface area contributed by atoms with Crippen LogP contribution in [0.25, 0.3) is 11.5 Å². The minimum absolute atomic E-state index is 0.253. The Morgan fingerprint density at radius 3 is 2.64 bits per heavy atom. The van der Waals surface area contributed by atoms with E-state index < -0.39 is 5.82 Å². The highest BCUT2D eigenvalue weighted by Crippen LogP contribution is 2.45. The average Bonchev–Trinajstić information content (AvgIpc) is 3.09. The number of aromatic nitrogens is 5. The fourth-order valence-electron chi connectivity index (χ4n) is 3.36. The van der Waals surface area contributed by atoms with E-state index in [1.165, 1.54) is 12.3 Å². The second-order valence-electron chi connectivity index (χ2n) is 6.70. The molecule has 5 rings (SSSR count). The van der Waals surface area contributed by atoms with Gasteiger partial charge in [0.1, 0.15) is 16.7 Å². The number of hydrogen-bond donors (Lipinski definition) is 2. The molecule has 3 aromatic rings. The molecule has 142 valence electrons. The predicted octanol–water partition coefficient (Wildman–Crippen LogP) is 2.92. The number of nitrogens with one attached hydrogen (secondary N) is 2. The molecule has 2 atom stereocenters. The van der Waals surface area contributed by atoms with E-state index in [4.69, 9.17) is 16.3 Å². The minimum Gasteiger partial charge on any atom is -0.381 e. The number of pyridine rings is 2. The molecule has 0 radical (unpaired) electrons. The largest absolute Gasteiger partial charge is 0.381 e. The van der Waals surface area contributed by atoms with Gasteiger partial charge in [-0.05, 0) is 12.1 Å². The van der Waals surface area contributed by atoms with Gasteiger partial charge < -0.3 is 15.4 Å².